The summed E-state index contributed by atoms with van der Waals surface area (Å²) in [5, 5.41) is 5.40. The molecule has 0 fully saturated rings. The Labute approximate surface area is 115 Å². The van der Waals surface area contributed by atoms with Crippen LogP contribution in [0, 0.1) is 0 Å². The lowest BCUT2D eigenvalue weighted by Gasteiger charge is -1.94. The quantitative estimate of drug-likeness (QED) is 0.621. The molecule has 0 bridgehead atoms. The molecule has 0 radical (unpaired) electrons. The minimum Gasteiger partial charge on any atom is -0.152 e. The van der Waals surface area contributed by atoms with Gasteiger partial charge in [0, 0.05) is 25.1 Å². The fourth-order valence-electron chi connectivity index (χ4n) is 1.35. The summed E-state index contributed by atoms with van der Waals surface area (Å²) in [7, 11) is 0. The molecule has 2 aromatic rings. The lowest BCUT2D eigenvalue weighted by Crippen LogP contribution is -1.81. The minimum atomic E-state index is 1.07. The van der Waals surface area contributed by atoms with Crippen molar-refractivity contribution in [3.05, 3.63) is 32.2 Å². The second-order valence-electron chi connectivity index (χ2n) is 3.19. The lowest BCUT2D eigenvalue weighted by atomic mass is 10.2. The van der Waals surface area contributed by atoms with Crippen molar-refractivity contribution >= 4 is 54.5 Å². The molecule has 0 nitrogen and oxygen atoms in total. The Morgan fingerprint density at radius 1 is 1.33 bits per heavy atom. The number of aryl methyl sites for hydroxylation is 1. The van der Waals surface area contributed by atoms with E-state index in [2.05, 4.69) is 54.8 Å². The summed E-state index contributed by atoms with van der Waals surface area (Å²) in [5.41, 5.74) is 1.34. The molecule has 4 heteroatoms. The van der Waals surface area contributed by atoms with Crippen LogP contribution < -0.4 is 0 Å². The molecule has 0 spiro atoms. The Morgan fingerprint density at radius 3 is 2.87 bits per heavy atom. The standard InChI is InChI=1S/C11H10Br2S2/c12-4-1-2-10-9(13)6-11(15-10)8-3-5-14-7-8/h3,5-7H,1-2,4H2. The van der Waals surface area contributed by atoms with E-state index in [0.717, 1.165) is 11.8 Å². The summed E-state index contributed by atoms with van der Waals surface area (Å²) in [5.74, 6) is 0. The van der Waals surface area contributed by atoms with Crippen LogP contribution in [0.2, 0.25) is 0 Å². The lowest BCUT2D eigenvalue weighted by molar-refractivity contribution is 0.955. The van der Waals surface area contributed by atoms with Crippen molar-refractivity contribution < 1.29 is 0 Å². The van der Waals surface area contributed by atoms with Crippen LogP contribution in [0.25, 0.3) is 10.4 Å². The van der Waals surface area contributed by atoms with E-state index >= 15 is 0 Å². The zero-order valence-corrected chi connectivity index (χ0v) is 12.8. The van der Waals surface area contributed by atoms with Crippen molar-refractivity contribution in [2.45, 2.75) is 12.8 Å². The second-order valence-corrected chi connectivity index (χ2v) is 6.75. The molecule has 0 saturated carbocycles. The summed E-state index contributed by atoms with van der Waals surface area (Å²) in [4.78, 5) is 2.82. The van der Waals surface area contributed by atoms with E-state index in [-0.39, 0.29) is 0 Å². The van der Waals surface area contributed by atoms with Gasteiger partial charge in [-0.25, -0.2) is 0 Å². The third-order valence-electron chi connectivity index (χ3n) is 2.10. The van der Waals surface area contributed by atoms with Crippen molar-refractivity contribution in [3.8, 4) is 10.4 Å². The third-order valence-corrected chi connectivity index (χ3v) is 5.56. The van der Waals surface area contributed by atoms with Gasteiger partial charge in [-0.1, -0.05) is 15.9 Å². The third kappa shape index (κ3) is 2.93. The van der Waals surface area contributed by atoms with Gasteiger partial charge in [0.15, 0.2) is 0 Å². The fourth-order valence-corrected chi connectivity index (χ4v) is 4.27. The van der Waals surface area contributed by atoms with Crippen LogP contribution in [-0.2, 0) is 6.42 Å². The van der Waals surface area contributed by atoms with Crippen LogP contribution in [-0.4, -0.2) is 5.33 Å². The number of alkyl halides is 1. The van der Waals surface area contributed by atoms with Gasteiger partial charge in [0.05, 0.1) is 0 Å². The Balaban J connectivity index is 2.21. The summed E-state index contributed by atoms with van der Waals surface area (Å²) in [6, 6.07) is 4.41. The van der Waals surface area contributed by atoms with Crippen molar-refractivity contribution in [1.29, 1.82) is 0 Å². The zero-order valence-electron chi connectivity index (χ0n) is 8.00. The van der Waals surface area contributed by atoms with Crippen LogP contribution in [0.15, 0.2) is 27.4 Å². The molecule has 0 atom stereocenters. The van der Waals surface area contributed by atoms with E-state index in [1.165, 1.54) is 26.2 Å². The normalized spacial score (nSPS) is 10.8. The Kier molecular flexibility index (Phi) is 4.43. The number of hydrogen-bond acceptors (Lipinski definition) is 2. The van der Waals surface area contributed by atoms with Gasteiger partial charge < -0.3 is 0 Å². The first kappa shape index (κ1) is 11.8. The highest BCUT2D eigenvalue weighted by atomic mass is 79.9. The molecule has 0 aliphatic carbocycles. The van der Waals surface area contributed by atoms with Gasteiger partial charge in [0.25, 0.3) is 0 Å². The van der Waals surface area contributed by atoms with Gasteiger partial charge in [-0.3, -0.25) is 0 Å². The van der Waals surface area contributed by atoms with Gasteiger partial charge in [0.1, 0.15) is 0 Å². The molecule has 0 saturated heterocycles. The van der Waals surface area contributed by atoms with Crippen LogP contribution in [0.4, 0.5) is 0 Å². The molecule has 2 aromatic heterocycles. The van der Waals surface area contributed by atoms with E-state index in [0.29, 0.717) is 0 Å². The molecular formula is C11H10Br2S2. The van der Waals surface area contributed by atoms with Crippen molar-refractivity contribution in [1.82, 2.24) is 0 Å². The average Bonchev–Trinajstić information content (AvgIpc) is 2.83. The van der Waals surface area contributed by atoms with E-state index in [4.69, 9.17) is 0 Å². The number of hydrogen-bond donors (Lipinski definition) is 0. The highest BCUT2D eigenvalue weighted by molar-refractivity contribution is 9.10. The SMILES string of the molecule is BrCCCc1sc(-c2ccsc2)cc1Br. The predicted molar refractivity (Wildman–Crippen MR) is 77.4 cm³/mol. The second kappa shape index (κ2) is 5.62. The van der Waals surface area contributed by atoms with Gasteiger partial charge in [-0.2, -0.15) is 11.3 Å². The Morgan fingerprint density at radius 2 is 2.20 bits per heavy atom. The molecule has 0 aliphatic rings. The molecule has 0 amide bonds. The van der Waals surface area contributed by atoms with Crippen molar-refractivity contribution in [2.75, 3.05) is 5.33 Å². The predicted octanol–water partition coefficient (Wildman–Crippen LogP) is 5.57. The maximum atomic E-state index is 3.63. The molecule has 2 heterocycles. The molecule has 0 aliphatic heterocycles. The molecule has 0 N–H and O–H groups in total. The first-order valence-corrected chi connectivity index (χ1v) is 8.35. The minimum absolute atomic E-state index is 1.07. The number of halogens is 2. The smallest absolute Gasteiger partial charge is 0.0365 e. The molecule has 0 aromatic carbocycles. The van der Waals surface area contributed by atoms with Crippen molar-refractivity contribution in [3.63, 3.8) is 0 Å². The van der Waals surface area contributed by atoms with Crippen LogP contribution >= 0.6 is 54.5 Å². The number of rotatable bonds is 4. The van der Waals surface area contributed by atoms with Crippen molar-refractivity contribution in [2.24, 2.45) is 0 Å². The largest absolute Gasteiger partial charge is 0.152 e. The first-order chi connectivity index (χ1) is 7.31. The Bertz CT molecular complexity index is 418. The fraction of sp³-hybridized carbons (Fsp3) is 0.273. The monoisotopic (exact) mass is 364 g/mol. The van der Waals surface area contributed by atoms with Gasteiger partial charge in [0.2, 0.25) is 0 Å². The highest BCUT2D eigenvalue weighted by Gasteiger charge is 2.08. The average molecular weight is 366 g/mol. The van der Waals surface area contributed by atoms with E-state index in [9.17, 15) is 0 Å². The molecule has 0 unspecified atom stereocenters. The topological polar surface area (TPSA) is 0 Å². The number of thiophene rings is 2. The molecular weight excluding hydrogens is 356 g/mol. The van der Waals surface area contributed by atoms with E-state index in [1.54, 1.807) is 11.3 Å². The maximum Gasteiger partial charge on any atom is 0.0365 e. The molecule has 80 valence electrons. The van der Waals surface area contributed by atoms with E-state index < -0.39 is 0 Å². The highest BCUT2D eigenvalue weighted by Crippen LogP contribution is 2.36. The Hall–Kier alpha value is 0.360. The summed E-state index contributed by atoms with van der Waals surface area (Å²) >= 11 is 10.7. The van der Waals surface area contributed by atoms with Gasteiger partial charge in [-0.15, -0.1) is 11.3 Å². The molecule has 2 rings (SSSR count). The maximum absolute atomic E-state index is 3.63. The summed E-state index contributed by atoms with van der Waals surface area (Å²) in [6.07, 6.45) is 2.35. The van der Waals surface area contributed by atoms with Crippen LogP contribution in [0.5, 0.6) is 0 Å². The molecule has 15 heavy (non-hydrogen) atoms. The van der Waals surface area contributed by atoms with Crippen LogP contribution in [0.1, 0.15) is 11.3 Å². The van der Waals surface area contributed by atoms with Gasteiger partial charge in [-0.05, 0) is 51.7 Å². The first-order valence-electron chi connectivity index (χ1n) is 4.68. The summed E-state index contributed by atoms with van der Waals surface area (Å²) in [6.45, 7) is 0. The van der Waals surface area contributed by atoms with Crippen LogP contribution in [0.3, 0.4) is 0 Å². The van der Waals surface area contributed by atoms with Gasteiger partial charge >= 0.3 is 0 Å². The summed E-state index contributed by atoms with van der Waals surface area (Å²) < 4.78 is 1.26. The zero-order chi connectivity index (χ0) is 10.7. The van der Waals surface area contributed by atoms with E-state index in [1.807, 2.05) is 11.3 Å².